The van der Waals surface area contributed by atoms with Crippen LogP contribution in [0.3, 0.4) is 0 Å². The summed E-state index contributed by atoms with van der Waals surface area (Å²) in [6.45, 7) is 0. The van der Waals surface area contributed by atoms with Crippen molar-refractivity contribution in [3.63, 3.8) is 0 Å². The van der Waals surface area contributed by atoms with Crippen LogP contribution in [0, 0.1) is 0 Å². The molecule has 2 N–H and O–H groups in total. The molecule has 0 unspecified atom stereocenters. The fourth-order valence-electron chi connectivity index (χ4n) is 2.94. The molecule has 4 rings (SSSR count). The van der Waals surface area contributed by atoms with Gasteiger partial charge >= 0.3 is 0 Å². The van der Waals surface area contributed by atoms with Crippen LogP contribution in [-0.4, -0.2) is 23.1 Å². The van der Waals surface area contributed by atoms with E-state index in [-0.39, 0.29) is 11.0 Å². The molecule has 0 saturated carbocycles. The van der Waals surface area contributed by atoms with Crippen molar-refractivity contribution in [1.29, 1.82) is 0 Å². The van der Waals surface area contributed by atoms with Crippen LogP contribution in [0.25, 0.3) is 21.3 Å². The predicted molar refractivity (Wildman–Crippen MR) is 122 cm³/mol. The molecule has 0 aliphatic rings. The molecule has 1 heterocycles. The summed E-state index contributed by atoms with van der Waals surface area (Å²) < 4.78 is 6.45. The van der Waals surface area contributed by atoms with Crippen LogP contribution >= 0.6 is 23.6 Å². The number of rotatable bonds is 4. The number of ether oxygens (including phenoxy) is 1. The van der Waals surface area contributed by atoms with E-state index in [2.05, 4.69) is 27.8 Å². The summed E-state index contributed by atoms with van der Waals surface area (Å²) >= 11 is 6.76. The number of hydrogen-bond acceptors (Lipinski definition) is 5. The number of amides is 1. The van der Waals surface area contributed by atoms with Gasteiger partial charge in [-0.05, 0) is 42.0 Å². The van der Waals surface area contributed by atoms with Gasteiger partial charge in [-0.25, -0.2) is 4.98 Å². The Hall–Kier alpha value is -3.29. The molecule has 0 bridgehead atoms. The minimum absolute atomic E-state index is 0.193. The minimum Gasteiger partial charge on any atom is -0.494 e. The Balaban J connectivity index is 1.61. The highest BCUT2D eigenvalue weighted by Crippen LogP contribution is 2.39. The third-order valence-corrected chi connectivity index (χ3v) is 5.50. The predicted octanol–water partition coefficient (Wildman–Crippen LogP) is 5.10. The summed E-state index contributed by atoms with van der Waals surface area (Å²) in [5.74, 6) is 0.412. The maximum Gasteiger partial charge on any atom is 0.257 e. The van der Waals surface area contributed by atoms with Gasteiger partial charge in [0.05, 0.1) is 11.8 Å². The highest BCUT2D eigenvalue weighted by molar-refractivity contribution is 7.80. The molecule has 144 valence electrons. The number of carbonyl (C=O) groups is 1. The van der Waals surface area contributed by atoms with Gasteiger partial charge in [-0.3, -0.25) is 10.1 Å². The van der Waals surface area contributed by atoms with E-state index in [0.717, 1.165) is 21.3 Å². The van der Waals surface area contributed by atoms with E-state index < -0.39 is 0 Å². The van der Waals surface area contributed by atoms with Crippen LogP contribution in [0.4, 0.5) is 5.13 Å². The van der Waals surface area contributed by atoms with Gasteiger partial charge in [0, 0.05) is 11.1 Å². The van der Waals surface area contributed by atoms with Crippen molar-refractivity contribution < 1.29 is 9.53 Å². The van der Waals surface area contributed by atoms with Crippen LogP contribution in [0.5, 0.6) is 5.75 Å². The summed E-state index contributed by atoms with van der Waals surface area (Å²) in [7, 11) is 1.62. The quantitative estimate of drug-likeness (QED) is 0.451. The number of benzene rings is 3. The number of carbonyl (C=O) groups excluding carboxylic acids is 1. The van der Waals surface area contributed by atoms with Gasteiger partial charge in [0.1, 0.15) is 11.3 Å². The highest BCUT2D eigenvalue weighted by atomic mass is 32.1. The third-order valence-electron chi connectivity index (χ3n) is 4.29. The number of aromatic nitrogens is 1. The normalized spacial score (nSPS) is 10.5. The van der Waals surface area contributed by atoms with Gasteiger partial charge in [-0.2, -0.15) is 0 Å². The number of methoxy groups -OCH3 is 1. The molecule has 4 aromatic rings. The fourth-order valence-corrected chi connectivity index (χ4v) is 4.22. The molecule has 1 amide bonds. The number of thiazole rings is 1. The van der Waals surface area contributed by atoms with Crippen LogP contribution < -0.4 is 15.4 Å². The second-order valence-corrected chi connectivity index (χ2v) is 7.56. The zero-order chi connectivity index (χ0) is 20.2. The lowest BCUT2D eigenvalue weighted by molar-refractivity contribution is 0.0977. The third kappa shape index (κ3) is 4.11. The van der Waals surface area contributed by atoms with Crippen molar-refractivity contribution in [2.24, 2.45) is 0 Å². The standard InChI is InChI=1S/C22H17N3O2S2/c1-27-17-13-12-16(14-8-4-2-5-9-14)19-18(17)23-22(29-19)25-21(28)24-20(26)15-10-6-3-7-11-15/h2-13H,1H3,(H2,23,24,25,26,28). The first-order valence-corrected chi connectivity index (χ1v) is 10.1. The Kier molecular flexibility index (Phi) is 5.50. The molecule has 0 spiro atoms. The van der Waals surface area contributed by atoms with Crippen molar-refractivity contribution in [1.82, 2.24) is 10.3 Å². The molecule has 5 nitrogen and oxygen atoms in total. The fraction of sp³-hybridized carbons (Fsp3) is 0.0455. The average molecular weight is 420 g/mol. The van der Waals surface area contributed by atoms with Gasteiger partial charge < -0.3 is 10.1 Å². The maximum absolute atomic E-state index is 12.3. The monoisotopic (exact) mass is 419 g/mol. The Bertz CT molecular complexity index is 1170. The molecule has 7 heteroatoms. The van der Waals surface area contributed by atoms with E-state index >= 15 is 0 Å². The molecular weight excluding hydrogens is 402 g/mol. The number of thiocarbonyl (C=S) groups is 1. The molecule has 0 aliphatic heterocycles. The number of fused-ring (bicyclic) bond motifs is 1. The van der Waals surface area contributed by atoms with E-state index in [9.17, 15) is 4.79 Å². The Morgan fingerprint density at radius 2 is 1.69 bits per heavy atom. The number of nitrogens with zero attached hydrogens (tertiary/aromatic N) is 1. The SMILES string of the molecule is COc1ccc(-c2ccccc2)c2sc(NC(=S)NC(=O)c3ccccc3)nc12. The minimum atomic E-state index is -0.272. The van der Waals surface area contributed by atoms with E-state index in [4.69, 9.17) is 17.0 Å². The van der Waals surface area contributed by atoms with E-state index in [1.165, 1.54) is 11.3 Å². The molecule has 29 heavy (non-hydrogen) atoms. The first kappa shape index (κ1) is 19.0. The van der Waals surface area contributed by atoms with E-state index in [1.807, 2.05) is 36.4 Å². The molecular formula is C22H17N3O2S2. The highest BCUT2D eigenvalue weighted by Gasteiger charge is 2.15. The Labute approximate surface area is 177 Å². The van der Waals surface area contributed by atoms with E-state index in [1.54, 1.807) is 31.4 Å². The largest absolute Gasteiger partial charge is 0.494 e. The molecule has 0 radical (unpaired) electrons. The molecule has 3 aromatic carbocycles. The van der Waals surface area contributed by atoms with E-state index in [0.29, 0.717) is 16.4 Å². The average Bonchev–Trinajstić information content (AvgIpc) is 3.17. The Morgan fingerprint density at radius 3 is 2.38 bits per heavy atom. The van der Waals surface area contributed by atoms with Crippen LogP contribution in [0.2, 0.25) is 0 Å². The molecule has 0 atom stereocenters. The molecule has 0 aliphatic carbocycles. The number of hydrogen-bond donors (Lipinski definition) is 2. The lowest BCUT2D eigenvalue weighted by Gasteiger charge is -2.06. The zero-order valence-electron chi connectivity index (χ0n) is 15.5. The van der Waals surface area contributed by atoms with Crippen LogP contribution in [0.1, 0.15) is 10.4 Å². The number of anilines is 1. The maximum atomic E-state index is 12.3. The van der Waals surface area contributed by atoms with Gasteiger partial charge in [-0.1, -0.05) is 59.9 Å². The summed E-state index contributed by atoms with van der Waals surface area (Å²) in [6.07, 6.45) is 0. The zero-order valence-corrected chi connectivity index (χ0v) is 17.1. The van der Waals surface area contributed by atoms with Crippen LogP contribution in [0.15, 0.2) is 72.8 Å². The second kappa shape index (κ2) is 8.38. The first-order chi connectivity index (χ1) is 14.2. The van der Waals surface area contributed by atoms with Gasteiger partial charge in [0.15, 0.2) is 10.2 Å². The first-order valence-electron chi connectivity index (χ1n) is 8.86. The number of nitrogens with one attached hydrogen (secondary N) is 2. The summed E-state index contributed by atoms with van der Waals surface area (Å²) in [5.41, 5.74) is 3.44. The summed E-state index contributed by atoms with van der Waals surface area (Å²) in [4.78, 5) is 16.9. The lowest BCUT2D eigenvalue weighted by Crippen LogP contribution is -2.34. The second-order valence-electron chi connectivity index (χ2n) is 6.15. The van der Waals surface area contributed by atoms with Gasteiger partial charge in [-0.15, -0.1) is 0 Å². The van der Waals surface area contributed by atoms with Crippen molar-refractivity contribution in [3.8, 4) is 16.9 Å². The Morgan fingerprint density at radius 1 is 1.00 bits per heavy atom. The summed E-state index contributed by atoms with van der Waals surface area (Å²) in [6, 6.07) is 22.9. The van der Waals surface area contributed by atoms with Crippen molar-refractivity contribution >= 4 is 49.9 Å². The van der Waals surface area contributed by atoms with Crippen molar-refractivity contribution in [3.05, 3.63) is 78.4 Å². The lowest BCUT2D eigenvalue weighted by atomic mass is 10.1. The molecule has 0 fully saturated rings. The van der Waals surface area contributed by atoms with Crippen molar-refractivity contribution in [2.45, 2.75) is 0 Å². The summed E-state index contributed by atoms with van der Waals surface area (Å²) in [5, 5.41) is 6.47. The van der Waals surface area contributed by atoms with Gasteiger partial charge in [0.2, 0.25) is 0 Å². The van der Waals surface area contributed by atoms with Gasteiger partial charge in [0.25, 0.3) is 5.91 Å². The van der Waals surface area contributed by atoms with Crippen molar-refractivity contribution in [2.75, 3.05) is 12.4 Å². The topological polar surface area (TPSA) is 63.2 Å². The molecule has 1 aromatic heterocycles. The molecule has 0 saturated heterocycles. The van der Waals surface area contributed by atoms with Crippen LogP contribution in [-0.2, 0) is 0 Å². The smallest absolute Gasteiger partial charge is 0.257 e.